The maximum atomic E-state index is 11.6. The second kappa shape index (κ2) is 7.32. The van der Waals surface area contributed by atoms with Crippen molar-refractivity contribution in [3.05, 3.63) is 29.8 Å². The van der Waals surface area contributed by atoms with Crippen LogP contribution < -0.4 is 10.6 Å². The van der Waals surface area contributed by atoms with Gasteiger partial charge in [0.1, 0.15) is 0 Å². The molecule has 0 aliphatic heterocycles. The number of hydrogen-bond donors (Lipinski definition) is 2. The van der Waals surface area contributed by atoms with Crippen molar-refractivity contribution in [2.75, 3.05) is 12.4 Å². The van der Waals surface area contributed by atoms with Gasteiger partial charge in [-0.15, -0.1) is 0 Å². The largest absolute Gasteiger partial charge is 0.382 e. The van der Waals surface area contributed by atoms with Crippen LogP contribution in [0.15, 0.2) is 24.3 Å². The molecule has 1 aromatic carbocycles. The molecule has 0 heterocycles. The van der Waals surface area contributed by atoms with E-state index < -0.39 is 0 Å². The highest BCUT2D eigenvalue weighted by Gasteiger charge is 2.20. The van der Waals surface area contributed by atoms with Gasteiger partial charge in [-0.3, -0.25) is 4.79 Å². The maximum Gasteiger partial charge on any atom is 0.224 e. The number of anilines is 1. The summed E-state index contributed by atoms with van der Waals surface area (Å²) in [6.45, 7) is 2.27. The van der Waals surface area contributed by atoms with Crippen molar-refractivity contribution in [1.82, 2.24) is 5.32 Å². The van der Waals surface area contributed by atoms with Crippen LogP contribution in [0.5, 0.6) is 0 Å². The Bertz CT molecular complexity index is 438. The lowest BCUT2D eigenvalue weighted by molar-refractivity contribution is -0.119. The van der Waals surface area contributed by atoms with Gasteiger partial charge in [-0.1, -0.05) is 37.5 Å². The van der Waals surface area contributed by atoms with E-state index in [2.05, 4.69) is 23.6 Å². The zero-order valence-electron chi connectivity index (χ0n) is 12.6. The van der Waals surface area contributed by atoms with Crippen molar-refractivity contribution in [3.63, 3.8) is 0 Å². The minimum absolute atomic E-state index is 0.0598. The molecule has 3 heteroatoms. The molecule has 2 N–H and O–H groups in total. The average Bonchev–Trinajstić information content (AvgIpc) is 2.50. The number of para-hydroxylation sites is 1. The molecule has 0 saturated heterocycles. The zero-order valence-corrected chi connectivity index (χ0v) is 12.6. The highest BCUT2D eigenvalue weighted by atomic mass is 16.1. The third-order valence-electron chi connectivity index (χ3n) is 4.39. The van der Waals surface area contributed by atoms with Gasteiger partial charge in [0, 0.05) is 18.8 Å². The van der Waals surface area contributed by atoms with Gasteiger partial charge < -0.3 is 10.6 Å². The molecule has 1 saturated carbocycles. The Morgan fingerprint density at radius 3 is 2.65 bits per heavy atom. The fourth-order valence-electron chi connectivity index (χ4n) is 3.07. The summed E-state index contributed by atoms with van der Waals surface area (Å²) in [5, 5.41) is 6.32. The molecule has 110 valence electrons. The molecule has 1 aliphatic rings. The fraction of sp³-hybridized carbons (Fsp3) is 0.588. The third kappa shape index (κ3) is 3.99. The number of likely N-dealkylation sites (N-methyl/N-ethyl adjacent to an activating group) is 1. The first-order valence-corrected chi connectivity index (χ1v) is 7.75. The number of carbonyl (C=O) groups excluding carboxylic acids is 1. The van der Waals surface area contributed by atoms with Crippen LogP contribution in [0.4, 0.5) is 5.69 Å². The van der Waals surface area contributed by atoms with Crippen molar-refractivity contribution in [2.45, 2.75) is 51.5 Å². The lowest BCUT2D eigenvalue weighted by Crippen LogP contribution is -2.28. The Hall–Kier alpha value is -1.51. The molecule has 0 radical (unpaired) electrons. The van der Waals surface area contributed by atoms with Crippen molar-refractivity contribution < 1.29 is 4.79 Å². The second-order valence-corrected chi connectivity index (χ2v) is 5.84. The zero-order chi connectivity index (χ0) is 14.4. The van der Waals surface area contributed by atoms with Gasteiger partial charge in [0.15, 0.2) is 0 Å². The molecule has 0 aromatic heterocycles. The van der Waals surface area contributed by atoms with Crippen LogP contribution in [0, 0.1) is 5.92 Å². The molecule has 0 spiro atoms. The Labute approximate surface area is 122 Å². The van der Waals surface area contributed by atoms with Crippen LogP contribution >= 0.6 is 0 Å². The molecule has 0 bridgehead atoms. The molecule has 1 fully saturated rings. The lowest BCUT2D eigenvalue weighted by atomic mass is 9.84. The Balaban J connectivity index is 2.02. The first-order valence-electron chi connectivity index (χ1n) is 7.75. The van der Waals surface area contributed by atoms with E-state index >= 15 is 0 Å². The molecular weight excluding hydrogens is 248 g/mol. The quantitative estimate of drug-likeness (QED) is 0.864. The van der Waals surface area contributed by atoms with E-state index in [0.717, 1.165) is 17.2 Å². The highest BCUT2D eigenvalue weighted by molar-refractivity contribution is 5.80. The number of hydrogen-bond acceptors (Lipinski definition) is 2. The Morgan fingerprint density at radius 1 is 1.25 bits per heavy atom. The van der Waals surface area contributed by atoms with E-state index in [1.807, 2.05) is 18.2 Å². The summed E-state index contributed by atoms with van der Waals surface area (Å²) in [7, 11) is 1.68. The summed E-state index contributed by atoms with van der Waals surface area (Å²) in [6, 6.07) is 8.61. The van der Waals surface area contributed by atoms with Gasteiger partial charge in [0.2, 0.25) is 5.91 Å². The molecule has 1 unspecified atom stereocenters. The highest BCUT2D eigenvalue weighted by Crippen LogP contribution is 2.28. The number of nitrogens with one attached hydrogen (secondary N) is 2. The first-order chi connectivity index (χ1) is 9.70. The Kier molecular flexibility index (Phi) is 5.45. The predicted molar refractivity (Wildman–Crippen MR) is 83.9 cm³/mol. The van der Waals surface area contributed by atoms with Crippen LogP contribution in [-0.2, 0) is 11.2 Å². The summed E-state index contributed by atoms with van der Waals surface area (Å²) in [5.41, 5.74) is 2.18. The molecule has 1 aromatic rings. The smallest absolute Gasteiger partial charge is 0.224 e. The van der Waals surface area contributed by atoms with Crippen molar-refractivity contribution in [1.29, 1.82) is 0 Å². The van der Waals surface area contributed by atoms with Crippen LogP contribution in [0.3, 0.4) is 0 Å². The SMILES string of the molecule is CNC(=O)Cc1ccccc1NC(C)C1CCCCC1. The second-order valence-electron chi connectivity index (χ2n) is 5.84. The first kappa shape index (κ1) is 14.9. The fourth-order valence-corrected chi connectivity index (χ4v) is 3.07. The van der Waals surface area contributed by atoms with Crippen LogP contribution in [0.1, 0.15) is 44.6 Å². The van der Waals surface area contributed by atoms with E-state index in [-0.39, 0.29) is 5.91 Å². The van der Waals surface area contributed by atoms with Gasteiger partial charge in [-0.25, -0.2) is 0 Å². The minimum atomic E-state index is 0.0598. The number of rotatable bonds is 5. The molecular formula is C17H26N2O. The standard InChI is InChI=1S/C17H26N2O/c1-13(14-8-4-3-5-9-14)19-16-11-7-6-10-15(16)12-17(20)18-2/h6-7,10-11,13-14,19H,3-5,8-9,12H2,1-2H3,(H,18,20). The molecule has 1 atom stereocenters. The van der Waals surface area contributed by atoms with Crippen LogP contribution in [-0.4, -0.2) is 19.0 Å². The van der Waals surface area contributed by atoms with E-state index in [0.29, 0.717) is 12.5 Å². The summed E-state index contributed by atoms with van der Waals surface area (Å²) < 4.78 is 0. The van der Waals surface area contributed by atoms with E-state index in [1.54, 1.807) is 7.05 Å². The molecule has 1 amide bonds. The molecule has 20 heavy (non-hydrogen) atoms. The molecule has 1 aliphatic carbocycles. The van der Waals surface area contributed by atoms with Crippen LogP contribution in [0.25, 0.3) is 0 Å². The maximum absolute atomic E-state index is 11.6. The third-order valence-corrected chi connectivity index (χ3v) is 4.39. The summed E-state index contributed by atoms with van der Waals surface area (Å²) in [4.78, 5) is 11.6. The summed E-state index contributed by atoms with van der Waals surface area (Å²) in [5.74, 6) is 0.821. The van der Waals surface area contributed by atoms with Crippen molar-refractivity contribution in [2.24, 2.45) is 5.92 Å². The van der Waals surface area contributed by atoms with Gasteiger partial charge in [0.05, 0.1) is 6.42 Å². The van der Waals surface area contributed by atoms with E-state index in [4.69, 9.17) is 0 Å². The monoisotopic (exact) mass is 274 g/mol. The average molecular weight is 274 g/mol. The van der Waals surface area contributed by atoms with Gasteiger partial charge in [-0.2, -0.15) is 0 Å². The molecule has 3 nitrogen and oxygen atoms in total. The number of carbonyl (C=O) groups is 1. The van der Waals surface area contributed by atoms with E-state index in [9.17, 15) is 4.79 Å². The lowest BCUT2D eigenvalue weighted by Gasteiger charge is -2.29. The predicted octanol–water partition coefficient (Wildman–Crippen LogP) is 3.36. The molecule has 2 rings (SSSR count). The summed E-state index contributed by atoms with van der Waals surface area (Å²) >= 11 is 0. The Morgan fingerprint density at radius 2 is 1.95 bits per heavy atom. The normalized spacial score (nSPS) is 17.5. The van der Waals surface area contributed by atoms with Crippen LogP contribution in [0.2, 0.25) is 0 Å². The van der Waals surface area contributed by atoms with Gasteiger partial charge in [0.25, 0.3) is 0 Å². The van der Waals surface area contributed by atoms with E-state index in [1.165, 1.54) is 32.1 Å². The van der Waals surface area contributed by atoms with Crippen molar-refractivity contribution >= 4 is 11.6 Å². The van der Waals surface area contributed by atoms with Gasteiger partial charge in [-0.05, 0) is 37.3 Å². The van der Waals surface area contributed by atoms with Crippen molar-refractivity contribution in [3.8, 4) is 0 Å². The topological polar surface area (TPSA) is 41.1 Å². The number of benzene rings is 1. The minimum Gasteiger partial charge on any atom is -0.382 e. The number of amides is 1. The summed E-state index contributed by atoms with van der Waals surface area (Å²) in [6.07, 6.45) is 7.19. The van der Waals surface area contributed by atoms with Gasteiger partial charge >= 0.3 is 0 Å².